The van der Waals surface area contributed by atoms with E-state index in [0.29, 0.717) is 23.8 Å². The van der Waals surface area contributed by atoms with Gasteiger partial charge in [-0.2, -0.15) is 0 Å². The molecule has 1 saturated carbocycles. The van der Waals surface area contributed by atoms with Gasteiger partial charge in [-0.1, -0.05) is 18.6 Å². The standard InChI is InChI=1S/C22H31FN2O/c1-16-5-6-17(14-21(16)23)13-18-7-10-25(15-18)20-8-11-24(12-9-20)22(26)19-3-2-4-19/h5-6,14,18-20H,2-4,7-13,15H2,1H3. The lowest BCUT2D eigenvalue weighted by atomic mass is 9.84. The van der Waals surface area contributed by atoms with Crippen LogP contribution in [0.3, 0.4) is 0 Å². The Kier molecular flexibility index (Phi) is 5.30. The molecule has 1 unspecified atom stereocenters. The lowest BCUT2D eigenvalue weighted by Gasteiger charge is -2.39. The van der Waals surface area contributed by atoms with Crippen LogP contribution in [0.1, 0.15) is 49.7 Å². The molecule has 142 valence electrons. The Hall–Kier alpha value is -1.42. The Labute approximate surface area is 156 Å². The van der Waals surface area contributed by atoms with Gasteiger partial charge in [0.05, 0.1) is 0 Å². The summed E-state index contributed by atoms with van der Waals surface area (Å²) in [6.07, 6.45) is 7.85. The fraction of sp³-hybridized carbons (Fsp3) is 0.682. The summed E-state index contributed by atoms with van der Waals surface area (Å²) >= 11 is 0. The summed E-state index contributed by atoms with van der Waals surface area (Å²) in [7, 11) is 0. The van der Waals surface area contributed by atoms with Crippen molar-refractivity contribution in [3.8, 4) is 0 Å². The molecule has 0 bridgehead atoms. The molecule has 0 spiro atoms. The Bertz CT molecular complexity index is 650. The highest BCUT2D eigenvalue weighted by atomic mass is 19.1. The third-order valence-corrected chi connectivity index (χ3v) is 6.82. The van der Waals surface area contributed by atoms with Crippen molar-refractivity contribution in [2.75, 3.05) is 26.2 Å². The minimum absolute atomic E-state index is 0.0825. The zero-order valence-corrected chi connectivity index (χ0v) is 15.9. The third kappa shape index (κ3) is 3.80. The number of hydrogen-bond donors (Lipinski definition) is 0. The molecule has 26 heavy (non-hydrogen) atoms. The lowest BCUT2D eigenvalue weighted by Crippen LogP contribution is -2.48. The fourth-order valence-electron chi connectivity index (χ4n) is 4.82. The first-order valence-corrected chi connectivity index (χ1v) is 10.4. The van der Waals surface area contributed by atoms with E-state index in [0.717, 1.165) is 69.4 Å². The highest BCUT2D eigenvalue weighted by molar-refractivity contribution is 5.79. The van der Waals surface area contributed by atoms with Crippen LogP contribution >= 0.6 is 0 Å². The second-order valence-corrected chi connectivity index (χ2v) is 8.62. The van der Waals surface area contributed by atoms with E-state index in [1.54, 1.807) is 6.07 Å². The van der Waals surface area contributed by atoms with Crippen LogP contribution in [0.2, 0.25) is 0 Å². The molecule has 0 radical (unpaired) electrons. The number of piperidine rings is 1. The summed E-state index contributed by atoms with van der Waals surface area (Å²) < 4.78 is 13.8. The molecule has 3 fully saturated rings. The minimum Gasteiger partial charge on any atom is -0.342 e. The average molecular weight is 359 g/mol. The molecule has 1 amide bonds. The smallest absolute Gasteiger partial charge is 0.225 e. The van der Waals surface area contributed by atoms with E-state index in [4.69, 9.17) is 0 Å². The third-order valence-electron chi connectivity index (χ3n) is 6.82. The van der Waals surface area contributed by atoms with Crippen LogP contribution < -0.4 is 0 Å². The number of hydrogen-bond acceptors (Lipinski definition) is 2. The molecule has 0 aromatic heterocycles. The van der Waals surface area contributed by atoms with Crippen molar-refractivity contribution in [2.24, 2.45) is 11.8 Å². The van der Waals surface area contributed by atoms with Gasteiger partial charge in [0.15, 0.2) is 0 Å². The Morgan fingerprint density at radius 2 is 1.88 bits per heavy atom. The van der Waals surface area contributed by atoms with Gasteiger partial charge in [-0.15, -0.1) is 0 Å². The van der Waals surface area contributed by atoms with Crippen LogP contribution in [0.15, 0.2) is 18.2 Å². The first-order chi connectivity index (χ1) is 12.6. The molecule has 3 nitrogen and oxygen atoms in total. The number of benzene rings is 1. The summed E-state index contributed by atoms with van der Waals surface area (Å²) in [6.45, 7) is 5.96. The molecule has 4 rings (SSSR count). The van der Waals surface area contributed by atoms with E-state index in [-0.39, 0.29) is 5.82 Å². The fourth-order valence-corrected chi connectivity index (χ4v) is 4.82. The van der Waals surface area contributed by atoms with Crippen molar-refractivity contribution in [1.82, 2.24) is 9.80 Å². The number of halogens is 1. The summed E-state index contributed by atoms with van der Waals surface area (Å²) in [5.74, 6) is 1.29. The van der Waals surface area contributed by atoms with E-state index in [1.165, 1.54) is 12.8 Å². The second kappa shape index (κ2) is 7.67. The first kappa shape index (κ1) is 18.0. The number of aryl methyl sites for hydroxylation is 1. The van der Waals surface area contributed by atoms with Crippen LogP contribution in [0.5, 0.6) is 0 Å². The monoisotopic (exact) mass is 358 g/mol. The van der Waals surface area contributed by atoms with Gasteiger partial charge in [-0.05, 0) is 75.1 Å². The topological polar surface area (TPSA) is 23.6 Å². The van der Waals surface area contributed by atoms with Gasteiger partial charge in [0, 0.05) is 31.6 Å². The van der Waals surface area contributed by atoms with Crippen molar-refractivity contribution in [3.05, 3.63) is 35.1 Å². The molecule has 1 aliphatic carbocycles. The quantitative estimate of drug-likeness (QED) is 0.818. The minimum atomic E-state index is -0.0825. The van der Waals surface area contributed by atoms with Crippen LogP contribution in [-0.4, -0.2) is 47.9 Å². The average Bonchev–Trinajstić information content (AvgIpc) is 3.05. The van der Waals surface area contributed by atoms with E-state index >= 15 is 0 Å². The zero-order chi connectivity index (χ0) is 18.1. The van der Waals surface area contributed by atoms with Crippen molar-refractivity contribution in [3.63, 3.8) is 0 Å². The largest absolute Gasteiger partial charge is 0.342 e. The maximum Gasteiger partial charge on any atom is 0.225 e. The predicted octanol–water partition coefficient (Wildman–Crippen LogP) is 3.79. The van der Waals surface area contributed by atoms with Gasteiger partial charge in [0.1, 0.15) is 5.82 Å². The lowest BCUT2D eigenvalue weighted by molar-refractivity contribution is -0.139. The Morgan fingerprint density at radius 1 is 1.12 bits per heavy atom. The van der Waals surface area contributed by atoms with Crippen molar-refractivity contribution < 1.29 is 9.18 Å². The first-order valence-electron chi connectivity index (χ1n) is 10.4. The molecule has 2 saturated heterocycles. The molecule has 1 aromatic carbocycles. The van der Waals surface area contributed by atoms with Gasteiger partial charge in [0.2, 0.25) is 5.91 Å². The highest BCUT2D eigenvalue weighted by Crippen LogP contribution is 2.31. The zero-order valence-electron chi connectivity index (χ0n) is 15.9. The van der Waals surface area contributed by atoms with E-state index in [9.17, 15) is 9.18 Å². The molecular formula is C22H31FN2O. The summed E-state index contributed by atoms with van der Waals surface area (Å²) in [5, 5.41) is 0. The molecule has 1 atom stereocenters. The Morgan fingerprint density at radius 3 is 2.54 bits per heavy atom. The summed E-state index contributed by atoms with van der Waals surface area (Å²) in [5.41, 5.74) is 1.85. The van der Waals surface area contributed by atoms with Crippen LogP contribution in [0.25, 0.3) is 0 Å². The van der Waals surface area contributed by atoms with Crippen LogP contribution in [0, 0.1) is 24.6 Å². The van der Waals surface area contributed by atoms with Crippen molar-refractivity contribution in [2.45, 2.75) is 57.9 Å². The molecule has 1 aromatic rings. The number of carbonyl (C=O) groups excluding carboxylic acids is 1. The number of carbonyl (C=O) groups is 1. The van der Waals surface area contributed by atoms with Gasteiger partial charge >= 0.3 is 0 Å². The molecule has 4 heteroatoms. The maximum absolute atomic E-state index is 13.8. The van der Waals surface area contributed by atoms with Crippen molar-refractivity contribution in [1.29, 1.82) is 0 Å². The Balaban J connectivity index is 1.25. The van der Waals surface area contributed by atoms with E-state index in [1.807, 2.05) is 13.0 Å². The van der Waals surface area contributed by atoms with Gasteiger partial charge in [-0.3, -0.25) is 9.69 Å². The molecule has 0 N–H and O–H groups in total. The SMILES string of the molecule is Cc1ccc(CC2CCN(C3CCN(C(=O)C4CCC4)CC3)C2)cc1F. The number of amides is 1. The molecular weight excluding hydrogens is 327 g/mol. The normalized spacial score (nSPS) is 25.5. The molecule has 2 aliphatic heterocycles. The van der Waals surface area contributed by atoms with Gasteiger partial charge in [0.25, 0.3) is 0 Å². The summed E-state index contributed by atoms with van der Waals surface area (Å²) in [4.78, 5) is 17.1. The maximum atomic E-state index is 13.8. The highest BCUT2D eigenvalue weighted by Gasteiger charge is 2.34. The summed E-state index contributed by atoms with van der Waals surface area (Å²) in [6, 6.07) is 6.31. The van der Waals surface area contributed by atoms with Crippen molar-refractivity contribution >= 4 is 5.91 Å². The van der Waals surface area contributed by atoms with E-state index < -0.39 is 0 Å². The number of rotatable bonds is 4. The molecule has 2 heterocycles. The molecule has 3 aliphatic rings. The number of nitrogens with zero attached hydrogens (tertiary/aromatic N) is 2. The predicted molar refractivity (Wildman–Crippen MR) is 101 cm³/mol. The van der Waals surface area contributed by atoms with Gasteiger partial charge in [-0.25, -0.2) is 4.39 Å². The van der Waals surface area contributed by atoms with Crippen LogP contribution in [-0.2, 0) is 11.2 Å². The van der Waals surface area contributed by atoms with Crippen LogP contribution in [0.4, 0.5) is 4.39 Å². The van der Waals surface area contributed by atoms with E-state index in [2.05, 4.69) is 15.9 Å². The second-order valence-electron chi connectivity index (χ2n) is 8.62. The van der Waals surface area contributed by atoms with Gasteiger partial charge < -0.3 is 4.90 Å². The number of likely N-dealkylation sites (tertiary alicyclic amines) is 2.